The van der Waals surface area contributed by atoms with Gasteiger partial charge in [0.05, 0.1) is 17.8 Å². The van der Waals surface area contributed by atoms with E-state index in [0.717, 1.165) is 18.7 Å². The molecule has 4 heteroatoms. The van der Waals surface area contributed by atoms with Gasteiger partial charge in [0, 0.05) is 13.0 Å². The van der Waals surface area contributed by atoms with E-state index < -0.39 is 5.60 Å². The Balaban J connectivity index is 2.26. The number of nitrogens with zero attached hydrogens (tertiary/aromatic N) is 1. The van der Waals surface area contributed by atoms with Crippen molar-refractivity contribution in [2.24, 2.45) is 0 Å². The summed E-state index contributed by atoms with van der Waals surface area (Å²) in [6.07, 6.45) is 1.46. The molecule has 108 valence electrons. The van der Waals surface area contributed by atoms with E-state index in [1.54, 1.807) is 6.07 Å². The van der Waals surface area contributed by atoms with Crippen LogP contribution in [0.1, 0.15) is 44.0 Å². The van der Waals surface area contributed by atoms with Crippen LogP contribution in [0.15, 0.2) is 24.3 Å². The van der Waals surface area contributed by atoms with Crippen molar-refractivity contribution in [2.75, 3.05) is 18.0 Å². The van der Waals surface area contributed by atoms with Crippen LogP contribution in [0.4, 0.5) is 5.69 Å². The molecule has 1 fully saturated rings. The molecule has 1 aromatic carbocycles. The van der Waals surface area contributed by atoms with E-state index >= 15 is 0 Å². The molecule has 1 heterocycles. The molecule has 1 aromatic rings. The van der Waals surface area contributed by atoms with E-state index in [4.69, 9.17) is 4.74 Å². The van der Waals surface area contributed by atoms with Gasteiger partial charge in [-0.2, -0.15) is 0 Å². The summed E-state index contributed by atoms with van der Waals surface area (Å²) in [6.45, 7) is 6.71. The number of esters is 1. The minimum Gasteiger partial charge on any atom is -0.456 e. The predicted octanol–water partition coefficient (Wildman–Crippen LogP) is 2.81. The molecular formula is C16H21NO3. The number of ether oxygens (including phenoxy) is 1. The lowest BCUT2D eigenvalue weighted by molar-refractivity contribution is -0.118. The van der Waals surface area contributed by atoms with Crippen molar-refractivity contribution < 1.29 is 14.3 Å². The molecule has 4 nitrogen and oxygen atoms in total. The van der Waals surface area contributed by atoms with Crippen molar-refractivity contribution in [1.82, 2.24) is 0 Å². The zero-order valence-corrected chi connectivity index (χ0v) is 12.3. The van der Waals surface area contributed by atoms with Crippen LogP contribution in [0, 0.1) is 0 Å². The van der Waals surface area contributed by atoms with Crippen molar-refractivity contribution in [2.45, 2.75) is 39.2 Å². The molecule has 0 bridgehead atoms. The highest BCUT2D eigenvalue weighted by Gasteiger charge is 2.24. The number of para-hydroxylation sites is 1. The Morgan fingerprint density at radius 2 is 1.95 bits per heavy atom. The van der Waals surface area contributed by atoms with Crippen LogP contribution in [0.25, 0.3) is 0 Å². The molecule has 0 N–H and O–H groups in total. The first-order valence-electron chi connectivity index (χ1n) is 6.96. The number of carbonyl (C=O) groups excluding carboxylic acids is 2. The normalized spacial score (nSPS) is 16.1. The Bertz CT molecular complexity index is 517. The third-order valence-corrected chi connectivity index (χ3v) is 3.11. The Morgan fingerprint density at radius 3 is 2.60 bits per heavy atom. The fourth-order valence-electron chi connectivity index (χ4n) is 2.30. The van der Waals surface area contributed by atoms with Gasteiger partial charge in [-0.3, -0.25) is 4.79 Å². The van der Waals surface area contributed by atoms with E-state index in [0.29, 0.717) is 18.5 Å². The van der Waals surface area contributed by atoms with Gasteiger partial charge in [0.1, 0.15) is 5.60 Å². The van der Waals surface area contributed by atoms with E-state index in [9.17, 15) is 9.59 Å². The van der Waals surface area contributed by atoms with Gasteiger partial charge in [0.15, 0.2) is 5.78 Å². The molecular weight excluding hydrogens is 254 g/mol. The van der Waals surface area contributed by atoms with E-state index in [1.807, 2.05) is 43.9 Å². The van der Waals surface area contributed by atoms with Crippen molar-refractivity contribution in [3.63, 3.8) is 0 Å². The van der Waals surface area contributed by atoms with Crippen LogP contribution in [0.2, 0.25) is 0 Å². The summed E-state index contributed by atoms with van der Waals surface area (Å²) in [5.41, 5.74) is 0.786. The second-order valence-corrected chi connectivity index (χ2v) is 6.08. The van der Waals surface area contributed by atoms with Crippen molar-refractivity contribution >= 4 is 17.4 Å². The van der Waals surface area contributed by atoms with Gasteiger partial charge in [-0.1, -0.05) is 12.1 Å². The molecule has 0 radical (unpaired) electrons. The largest absolute Gasteiger partial charge is 0.456 e. The molecule has 20 heavy (non-hydrogen) atoms. The van der Waals surface area contributed by atoms with Crippen molar-refractivity contribution in [1.29, 1.82) is 0 Å². The minimum atomic E-state index is -0.526. The van der Waals surface area contributed by atoms with Crippen LogP contribution in [0.5, 0.6) is 0 Å². The highest BCUT2D eigenvalue weighted by Crippen LogP contribution is 2.25. The van der Waals surface area contributed by atoms with Gasteiger partial charge in [0.2, 0.25) is 0 Å². The molecule has 0 aliphatic carbocycles. The smallest absolute Gasteiger partial charge is 0.340 e. The number of benzene rings is 1. The maximum absolute atomic E-state index is 12.3. The highest BCUT2D eigenvalue weighted by molar-refractivity contribution is 5.97. The Kier molecular flexibility index (Phi) is 4.12. The van der Waals surface area contributed by atoms with Crippen LogP contribution in [0.3, 0.4) is 0 Å². The lowest BCUT2D eigenvalue weighted by Crippen LogP contribution is -2.36. The van der Waals surface area contributed by atoms with Gasteiger partial charge >= 0.3 is 5.97 Å². The minimum absolute atomic E-state index is 0.218. The van der Waals surface area contributed by atoms with E-state index in [-0.39, 0.29) is 11.8 Å². The lowest BCUT2D eigenvalue weighted by Gasteiger charge is -2.30. The summed E-state index contributed by atoms with van der Waals surface area (Å²) >= 11 is 0. The molecule has 0 aromatic heterocycles. The Hall–Kier alpha value is -1.84. The number of hydrogen-bond acceptors (Lipinski definition) is 4. The molecule has 1 saturated heterocycles. The summed E-state index contributed by atoms with van der Waals surface area (Å²) in [5, 5.41) is 0. The zero-order chi connectivity index (χ0) is 14.8. The standard InChI is InChI=1S/C16H21NO3/c1-16(2,3)20-15(19)13-8-4-5-9-14(13)17-10-6-7-12(18)11-17/h4-5,8-9H,6-7,10-11H2,1-3H3. The number of carbonyl (C=O) groups is 2. The van der Waals surface area contributed by atoms with E-state index in [2.05, 4.69) is 0 Å². The second-order valence-electron chi connectivity index (χ2n) is 6.08. The summed E-state index contributed by atoms with van der Waals surface area (Å²) in [6, 6.07) is 7.32. The molecule has 0 saturated carbocycles. The second kappa shape index (κ2) is 5.65. The van der Waals surface area contributed by atoms with E-state index in [1.165, 1.54) is 0 Å². The topological polar surface area (TPSA) is 46.6 Å². The maximum atomic E-state index is 12.3. The third-order valence-electron chi connectivity index (χ3n) is 3.11. The number of rotatable bonds is 2. The SMILES string of the molecule is CC(C)(C)OC(=O)c1ccccc1N1CCCC(=O)C1. The van der Waals surface area contributed by atoms with Crippen LogP contribution >= 0.6 is 0 Å². The molecule has 0 unspecified atom stereocenters. The quantitative estimate of drug-likeness (QED) is 0.779. The average molecular weight is 275 g/mol. The summed E-state index contributed by atoms with van der Waals surface area (Å²) in [4.78, 5) is 25.8. The van der Waals surface area contributed by atoms with Crippen molar-refractivity contribution in [3.05, 3.63) is 29.8 Å². The molecule has 0 amide bonds. The third kappa shape index (κ3) is 3.59. The highest BCUT2D eigenvalue weighted by atomic mass is 16.6. The van der Waals surface area contributed by atoms with Gasteiger partial charge in [-0.25, -0.2) is 4.79 Å². The lowest BCUT2D eigenvalue weighted by atomic mass is 10.1. The number of ketones is 1. The Morgan fingerprint density at radius 1 is 1.25 bits per heavy atom. The first-order valence-corrected chi connectivity index (χ1v) is 6.96. The number of Topliss-reactive ketones (excluding diaryl/α,β-unsaturated/α-hetero) is 1. The maximum Gasteiger partial charge on any atom is 0.340 e. The molecule has 1 aliphatic rings. The van der Waals surface area contributed by atoms with Gasteiger partial charge < -0.3 is 9.64 Å². The number of anilines is 1. The van der Waals surface area contributed by atoms with Crippen LogP contribution in [-0.2, 0) is 9.53 Å². The first kappa shape index (κ1) is 14.6. The van der Waals surface area contributed by atoms with Crippen LogP contribution < -0.4 is 4.90 Å². The molecule has 1 aliphatic heterocycles. The molecule has 0 atom stereocenters. The fourth-order valence-corrected chi connectivity index (χ4v) is 2.30. The summed E-state index contributed by atoms with van der Waals surface area (Å²) < 4.78 is 5.43. The van der Waals surface area contributed by atoms with Gasteiger partial charge in [-0.15, -0.1) is 0 Å². The number of hydrogen-bond donors (Lipinski definition) is 0. The fraction of sp³-hybridized carbons (Fsp3) is 0.500. The monoisotopic (exact) mass is 275 g/mol. The molecule has 0 spiro atoms. The number of piperidine rings is 1. The van der Waals surface area contributed by atoms with Gasteiger partial charge in [-0.05, 0) is 39.3 Å². The zero-order valence-electron chi connectivity index (χ0n) is 12.3. The van der Waals surface area contributed by atoms with Gasteiger partial charge in [0.25, 0.3) is 0 Å². The summed E-state index contributed by atoms with van der Waals surface area (Å²) in [5.74, 6) is -0.124. The molecule has 2 rings (SSSR count). The van der Waals surface area contributed by atoms with Crippen molar-refractivity contribution in [3.8, 4) is 0 Å². The van der Waals surface area contributed by atoms with Crippen LogP contribution in [-0.4, -0.2) is 30.4 Å². The predicted molar refractivity (Wildman–Crippen MR) is 78.1 cm³/mol. The first-order chi connectivity index (χ1) is 9.37. The summed E-state index contributed by atoms with van der Waals surface area (Å²) in [7, 11) is 0. The average Bonchev–Trinajstić information content (AvgIpc) is 2.37. The Labute approximate surface area is 119 Å².